The van der Waals surface area contributed by atoms with Crippen LogP contribution in [0.15, 0.2) is 24.5 Å². The molecule has 0 radical (unpaired) electrons. The second kappa shape index (κ2) is 13.4. The summed E-state index contributed by atoms with van der Waals surface area (Å²) in [4.78, 5) is 36.2. The first kappa shape index (κ1) is 32.3. The van der Waals surface area contributed by atoms with Crippen LogP contribution in [0.3, 0.4) is 0 Å². The van der Waals surface area contributed by atoms with E-state index in [-0.39, 0.29) is 53.1 Å². The Balaban J connectivity index is 1.46. The zero-order valence-electron chi connectivity index (χ0n) is 25.9. The van der Waals surface area contributed by atoms with Gasteiger partial charge in [0, 0.05) is 63.8 Å². The molecule has 2 fully saturated rings. The van der Waals surface area contributed by atoms with Crippen molar-refractivity contribution in [2.75, 3.05) is 51.2 Å². The molecule has 12 nitrogen and oxygen atoms in total. The van der Waals surface area contributed by atoms with E-state index in [0.29, 0.717) is 18.8 Å². The number of likely N-dealkylation sites (tertiary alicyclic amines) is 1. The molecule has 2 saturated heterocycles. The molecule has 1 aromatic heterocycles. The molecule has 2 N–H and O–H groups in total. The third-order valence-corrected chi connectivity index (χ3v) is 8.55. The van der Waals surface area contributed by atoms with Crippen LogP contribution in [0.2, 0.25) is 0 Å². The van der Waals surface area contributed by atoms with Crippen molar-refractivity contribution >= 4 is 17.8 Å². The SMILES string of the molecule is CCN(C(=O)c1cc(F)ccc1Oc1nncnc1N1CCC2(C1)CN(C(CC(O)CN(C)C(=O)O)C(C)C)C2)C(C)C. The Kier molecular flexibility index (Phi) is 10.1. The Morgan fingerprint density at radius 2 is 1.91 bits per heavy atom. The first-order valence-corrected chi connectivity index (χ1v) is 14.9. The molecule has 2 aromatic rings. The van der Waals surface area contributed by atoms with Gasteiger partial charge in [0.1, 0.15) is 17.9 Å². The van der Waals surface area contributed by atoms with Crippen LogP contribution in [0.4, 0.5) is 15.0 Å². The number of carbonyl (C=O) groups is 2. The Hall–Kier alpha value is -3.58. The fourth-order valence-corrected chi connectivity index (χ4v) is 6.32. The molecule has 1 aromatic carbocycles. The monoisotopic (exact) mass is 601 g/mol. The third-order valence-electron chi connectivity index (χ3n) is 8.55. The number of likely N-dealkylation sites (N-methyl/N-ethyl adjacent to an activating group) is 1. The van der Waals surface area contributed by atoms with Gasteiger partial charge in [-0.1, -0.05) is 13.8 Å². The Morgan fingerprint density at radius 3 is 2.53 bits per heavy atom. The van der Waals surface area contributed by atoms with Gasteiger partial charge in [-0.2, -0.15) is 0 Å². The third kappa shape index (κ3) is 7.32. The highest BCUT2D eigenvalue weighted by Gasteiger charge is 2.50. The van der Waals surface area contributed by atoms with Crippen molar-refractivity contribution in [2.24, 2.45) is 11.3 Å². The van der Waals surface area contributed by atoms with E-state index < -0.39 is 18.0 Å². The molecule has 2 atom stereocenters. The number of aromatic nitrogens is 3. The van der Waals surface area contributed by atoms with Gasteiger partial charge in [-0.3, -0.25) is 9.69 Å². The highest BCUT2D eigenvalue weighted by atomic mass is 19.1. The number of halogens is 1. The number of aliphatic hydroxyl groups excluding tert-OH is 1. The number of nitrogens with zero attached hydrogens (tertiary/aromatic N) is 7. The van der Waals surface area contributed by atoms with Gasteiger partial charge >= 0.3 is 6.09 Å². The van der Waals surface area contributed by atoms with E-state index in [1.54, 1.807) is 4.90 Å². The van der Waals surface area contributed by atoms with E-state index in [1.165, 1.54) is 31.6 Å². The van der Waals surface area contributed by atoms with E-state index in [2.05, 4.69) is 38.8 Å². The molecule has 236 valence electrons. The molecule has 2 aliphatic heterocycles. The summed E-state index contributed by atoms with van der Waals surface area (Å²) in [6.45, 7) is 13.6. The predicted molar refractivity (Wildman–Crippen MR) is 159 cm³/mol. The molecule has 2 amide bonds. The number of hydrogen-bond donors (Lipinski definition) is 2. The van der Waals surface area contributed by atoms with Crippen LogP contribution in [-0.2, 0) is 0 Å². The molecular weight excluding hydrogens is 557 g/mol. The summed E-state index contributed by atoms with van der Waals surface area (Å²) >= 11 is 0. The quantitative estimate of drug-likeness (QED) is 0.372. The van der Waals surface area contributed by atoms with Crippen LogP contribution in [-0.4, -0.2) is 117 Å². The lowest BCUT2D eigenvalue weighted by Gasteiger charge is -2.53. The molecule has 0 bridgehead atoms. The number of carbonyl (C=O) groups excluding carboxylic acids is 1. The molecule has 0 saturated carbocycles. The predicted octanol–water partition coefficient (Wildman–Crippen LogP) is 3.57. The molecule has 43 heavy (non-hydrogen) atoms. The number of ether oxygens (including phenoxy) is 1. The van der Waals surface area contributed by atoms with Gasteiger partial charge in [0.15, 0.2) is 5.82 Å². The standard InChI is InChI=1S/C30H44FN7O5/c1-7-38(20(4)5)28(40)23-12-21(31)8-9-25(23)43-27-26(32-18-33-34-27)36-11-10-30(15-36)16-37(17-30)24(19(2)3)13-22(39)14-35(6)29(41)42/h8-9,12,18-20,22,24,39H,7,10-11,13-17H2,1-6H3,(H,41,42). The normalized spacial score (nSPS) is 17.7. The zero-order valence-corrected chi connectivity index (χ0v) is 25.9. The minimum absolute atomic E-state index is 0.0358. The Labute approximate surface area is 252 Å². The van der Waals surface area contributed by atoms with Gasteiger partial charge in [-0.15, -0.1) is 10.2 Å². The Morgan fingerprint density at radius 1 is 1.19 bits per heavy atom. The van der Waals surface area contributed by atoms with Crippen LogP contribution in [0.25, 0.3) is 0 Å². The van der Waals surface area contributed by atoms with E-state index >= 15 is 0 Å². The largest absolute Gasteiger partial charge is 0.465 e. The molecule has 2 unspecified atom stereocenters. The van der Waals surface area contributed by atoms with Crippen LogP contribution in [0.1, 0.15) is 57.8 Å². The van der Waals surface area contributed by atoms with E-state index in [4.69, 9.17) is 9.84 Å². The summed E-state index contributed by atoms with van der Waals surface area (Å²) in [5.74, 6) is 0.262. The van der Waals surface area contributed by atoms with Gasteiger partial charge in [-0.25, -0.2) is 14.2 Å². The maximum absolute atomic E-state index is 14.2. The van der Waals surface area contributed by atoms with Crippen LogP contribution in [0.5, 0.6) is 11.6 Å². The Bertz CT molecular complexity index is 1290. The average molecular weight is 602 g/mol. The number of amides is 2. The summed E-state index contributed by atoms with van der Waals surface area (Å²) in [6, 6.07) is 3.91. The van der Waals surface area contributed by atoms with Crippen LogP contribution < -0.4 is 9.64 Å². The smallest absolute Gasteiger partial charge is 0.407 e. The van der Waals surface area contributed by atoms with Gasteiger partial charge in [0.2, 0.25) is 0 Å². The summed E-state index contributed by atoms with van der Waals surface area (Å²) in [7, 11) is 1.46. The van der Waals surface area contributed by atoms with Gasteiger partial charge in [-0.05, 0) is 57.7 Å². The minimum atomic E-state index is -1.06. The van der Waals surface area contributed by atoms with Crippen molar-refractivity contribution in [1.29, 1.82) is 0 Å². The highest BCUT2D eigenvalue weighted by Crippen LogP contribution is 2.44. The number of anilines is 1. The van der Waals surface area contributed by atoms with Crippen LogP contribution in [0, 0.1) is 17.2 Å². The summed E-state index contributed by atoms with van der Waals surface area (Å²) in [5, 5.41) is 27.8. The molecule has 1 spiro atoms. The molecule has 3 heterocycles. The first-order chi connectivity index (χ1) is 20.3. The lowest BCUT2D eigenvalue weighted by atomic mass is 9.76. The maximum atomic E-state index is 14.2. The zero-order chi connectivity index (χ0) is 31.5. The summed E-state index contributed by atoms with van der Waals surface area (Å²) in [5.41, 5.74) is 0.143. The second-order valence-electron chi connectivity index (χ2n) is 12.5. The molecule has 13 heteroatoms. The lowest BCUT2D eigenvalue weighted by molar-refractivity contribution is -0.0477. The van der Waals surface area contributed by atoms with Crippen molar-refractivity contribution in [3.05, 3.63) is 35.9 Å². The maximum Gasteiger partial charge on any atom is 0.407 e. The van der Waals surface area contributed by atoms with E-state index in [1.807, 2.05) is 20.8 Å². The second-order valence-corrected chi connectivity index (χ2v) is 12.5. The average Bonchev–Trinajstić information content (AvgIpc) is 3.38. The van der Waals surface area contributed by atoms with Gasteiger partial charge in [0.05, 0.1) is 11.7 Å². The number of hydrogen-bond acceptors (Lipinski definition) is 9. The van der Waals surface area contributed by atoms with E-state index in [0.717, 1.165) is 37.5 Å². The molecule has 2 aliphatic rings. The van der Waals surface area contributed by atoms with E-state index in [9.17, 15) is 19.1 Å². The highest BCUT2D eigenvalue weighted by molar-refractivity contribution is 5.97. The van der Waals surface area contributed by atoms with Crippen molar-refractivity contribution in [1.82, 2.24) is 29.9 Å². The molecular formula is C30H44FN7O5. The number of benzene rings is 1. The van der Waals surface area contributed by atoms with Crippen molar-refractivity contribution in [3.8, 4) is 11.6 Å². The van der Waals surface area contributed by atoms with Crippen molar-refractivity contribution in [2.45, 2.75) is 65.6 Å². The lowest BCUT2D eigenvalue weighted by Crippen LogP contribution is -2.62. The summed E-state index contributed by atoms with van der Waals surface area (Å²) in [6.07, 6.45) is 0.983. The van der Waals surface area contributed by atoms with Gasteiger partial charge < -0.3 is 29.6 Å². The van der Waals surface area contributed by atoms with Crippen molar-refractivity contribution in [3.63, 3.8) is 0 Å². The molecule has 0 aliphatic carbocycles. The number of carboxylic acid groups (broad SMARTS) is 1. The number of rotatable bonds is 12. The fourth-order valence-electron chi connectivity index (χ4n) is 6.32. The summed E-state index contributed by atoms with van der Waals surface area (Å²) < 4.78 is 20.4. The minimum Gasteiger partial charge on any atom is -0.465 e. The fraction of sp³-hybridized carbons (Fsp3) is 0.633. The first-order valence-electron chi connectivity index (χ1n) is 14.9. The van der Waals surface area contributed by atoms with Gasteiger partial charge in [0.25, 0.3) is 11.8 Å². The van der Waals surface area contributed by atoms with Crippen LogP contribution >= 0.6 is 0 Å². The number of aliphatic hydroxyl groups is 1. The topological polar surface area (TPSA) is 135 Å². The van der Waals surface area contributed by atoms with Crippen molar-refractivity contribution < 1.29 is 28.9 Å². The molecule has 4 rings (SSSR count).